The van der Waals surface area contributed by atoms with Gasteiger partial charge in [-0.2, -0.15) is 0 Å². The fourth-order valence-electron chi connectivity index (χ4n) is 7.36. The number of ketones is 1. The Hall–Kier alpha value is -4.50. The minimum Gasteiger partial charge on any atom is -0.478 e. The zero-order valence-electron chi connectivity index (χ0n) is 24.1. The van der Waals surface area contributed by atoms with E-state index in [0.29, 0.717) is 51.4 Å². The number of aryl methyl sites for hydroxylation is 1. The number of carbonyl (C=O) groups excluding carboxylic acids is 1. The van der Waals surface area contributed by atoms with E-state index in [1.807, 2.05) is 13.0 Å². The topological polar surface area (TPSA) is 104 Å². The predicted molar refractivity (Wildman–Crippen MR) is 163 cm³/mol. The van der Waals surface area contributed by atoms with E-state index in [1.54, 1.807) is 30.3 Å². The number of nitrogens with zero attached hydrogens (tertiary/aromatic N) is 2. The number of furan rings is 1. The lowest BCUT2D eigenvalue weighted by Crippen LogP contribution is -2.51. The second kappa shape index (κ2) is 10.1. The van der Waals surface area contributed by atoms with Crippen LogP contribution in [-0.4, -0.2) is 60.8 Å². The number of carbonyl (C=O) groups is 2. The first-order valence-corrected chi connectivity index (χ1v) is 15.1. The second-order valence-corrected chi connectivity index (χ2v) is 12.0. The lowest BCUT2D eigenvalue weighted by Gasteiger charge is -2.42. The Labute approximate surface area is 249 Å². The maximum Gasteiger partial charge on any atom is 0.335 e. The minimum atomic E-state index is -0.984. The van der Waals surface area contributed by atoms with E-state index in [0.717, 1.165) is 48.4 Å². The number of hydrogen-bond donors (Lipinski definition) is 2. The first kappa shape index (κ1) is 26.2. The van der Waals surface area contributed by atoms with Gasteiger partial charge in [0, 0.05) is 59.8 Å². The number of hydrogen-bond acceptors (Lipinski definition) is 8. The largest absolute Gasteiger partial charge is 0.478 e. The van der Waals surface area contributed by atoms with Crippen molar-refractivity contribution >= 4 is 39.6 Å². The highest BCUT2D eigenvalue weighted by molar-refractivity contribution is 6.30. The van der Waals surface area contributed by atoms with Crippen LogP contribution >= 0.6 is 0 Å². The highest BCUT2D eigenvalue weighted by Gasteiger charge is 2.36. The van der Waals surface area contributed by atoms with Crippen molar-refractivity contribution in [1.29, 1.82) is 0 Å². The molecule has 0 atom stereocenters. The third-order valence-corrected chi connectivity index (χ3v) is 9.53. The van der Waals surface area contributed by atoms with Gasteiger partial charge in [-0.3, -0.25) is 9.69 Å². The molecule has 2 N–H and O–H groups in total. The molecule has 0 unspecified atom stereocenters. The number of rotatable bonds is 5. The lowest BCUT2D eigenvalue weighted by atomic mass is 9.85. The van der Waals surface area contributed by atoms with Crippen LogP contribution in [0.2, 0.25) is 0 Å². The molecule has 9 heteroatoms. The average Bonchev–Trinajstić information content (AvgIpc) is 3.64. The molecule has 3 heterocycles. The number of nitrogens with one attached hydrogen (secondary N) is 1. The summed E-state index contributed by atoms with van der Waals surface area (Å²) >= 11 is 0. The van der Waals surface area contributed by atoms with Gasteiger partial charge in [-0.25, -0.2) is 4.79 Å². The molecule has 0 bridgehead atoms. The molecule has 0 amide bonds. The summed E-state index contributed by atoms with van der Waals surface area (Å²) in [7, 11) is 0. The summed E-state index contributed by atoms with van der Waals surface area (Å²) < 4.78 is 17.8. The van der Waals surface area contributed by atoms with E-state index < -0.39 is 5.97 Å². The van der Waals surface area contributed by atoms with Gasteiger partial charge in [-0.05, 0) is 62.2 Å². The molecule has 3 aromatic carbocycles. The summed E-state index contributed by atoms with van der Waals surface area (Å²) in [6, 6.07) is 12.9. The van der Waals surface area contributed by atoms with Crippen molar-refractivity contribution in [2.45, 2.75) is 45.1 Å². The molecule has 8 rings (SSSR count). The molecule has 4 aromatic rings. The molecule has 1 aromatic heterocycles. The van der Waals surface area contributed by atoms with Crippen molar-refractivity contribution in [3.8, 4) is 22.8 Å². The molecule has 2 aliphatic carbocycles. The van der Waals surface area contributed by atoms with Crippen LogP contribution in [0.3, 0.4) is 0 Å². The first-order valence-electron chi connectivity index (χ1n) is 15.1. The zero-order chi connectivity index (χ0) is 29.2. The van der Waals surface area contributed by atoms with Crippen LogP contribution in [0.25, 0.3) is 22.1 Å². The fraction of sp³-hybridized carbons (Fsp3) is 0.353. The van der Waals surface area contributed by atoms with Crippen LogP contribution < -0.4 is 19.7 Å². The quantitative estimate of drug-likeness (QED) is 0.239. The third kappa shape index (κ3) is 4.25. The number of fused-ring (bicyclic) bond motifs is 3. The summed E-state index contributed by atoms with van der Waals surface area (Å²) in [5.41, 5.74) is 4.35. The van der Waals surface area contributed by atoms with Crippen LogP contribution in [-0.2, 0) is 0 Å². The number of benzene rings is 3. The third-order valence-electron chi connectivity index (χ3n) is 9.53. The number of ether oxygens (including phenoxy) is 2. The Bertz CT molecular complexity index is 1780. The molecule has 1 saturated carbocycles. The van der Waals surface area contributed by atoms with E-state index >= 15 is 0 Å². The number of anilines is 3. The molecule has 0 spiro atoms. The Balaban J connectivity index is 1.25. The summed E-state index contributed by atoms with van der Waals surface area (Å²) in [6.07, 6.45) is 6.57. The maximum atomic E-state index is 14.3. The van der Waals surface area contributed by atoms with Crippen molar-refractivity contribution in [3.63, 3.8) is 0 Å². The van der Waals surface area contributed by atoms with Crippen molar-refractivity contribution in [2.75, 3.05) is 43.2 Å². The highest BCUT2D eigenvalue weighted by Crippen LogP contribution is 2.51. The van der Waals surface area contributed by atoms with Crippen molar-refractivity contribution in [3.05, 3.63) is 64.9 Å². The van der Waals surface area contributed by atoms with E-state index in [4.69, 9.17) is 13.9 Å². The molecule has 9 nitrogen and oxygen atoms in total. The van der Waals surface area contributed by atoms with Gasteiger partial charge in [0.05, 0.1) is 22.5 Å². The Morgan fingerprint density at radius 1 is 0.907 bits per heavy atom. The number of aromatic carboxylic acids is 1. The summed E-state index contributed by atoms with van der Waals surface area (Å²) in [4.78, 5) is 30.8. The van der Waals surface area contributed by atoms with Gasteiger partial charge in [-0.15, -0.1) is 0 Å². The highest BCUT2D eigenvalue weighted by atomic mass is 16.7. The standard InChI is InChI=1S/C34H33N3O6/c1-19-29-26(37-13-11-36(12-14-37)22-5-3-2-4-6-22)17-25(35-21-9-7-20(8-10-21)34(39)40)30-31(29)33(43-19)24-16-28-27(41-18-42-28)15-23(24)32(30)38/h7-10,15-17,22,35H,2-6,11-14,18H2,1H3,(H,39,40). The molecule has 2 fully saturated rings. The monoisotopic (exact) mass is 579 g/mol. The zero-order valence-corrected chi connectivity index (χ0v) is 24.1. The van der Waals surface area contributed by atoms with Crippen LogP contribution in [0.1, 0.15) is 64.1 Å². The van der Waals surface area contributed by atoms with Crippen LogP contribution in [0.4, 0.5) is 17.1 Å². The lowest BCUT2D eigenvalue weighted by molar-refractivity contribution is 0.0696. The van der Waals surface area contributed by atoms with E-state index in [9.17, 15) is 14.7 Å². The average molecular weight is 580 g/mol. The number of carboxylic acid groups (broad SMARTS) is 1. The van der Waals surface area contributed by atoms with Crippen LogP contribution in [0, 0.1) is 6.92 Å². The van der Waals surface area contributed by atoms with Crippen molar-refractivity contribution in [2.24, 2.45) is 0 Å². The van der Waals surface area contributed by atoms with Gasteiger partial charge in [0.25, 0.3) is 0 Å². The molecule has 2 aliphatic heterocycles. The van der Waals surface area contributed by atoms with Crippen molar-refractivity contribution in [1.82, 2.24) is 4.90 Å². The molecule has 0 radical (unpaired) electrons. The van der Waals surface area contributed by atoms with Gasteiger partial charge in [0.2, 0.25) is 6.79 Å². The Morgan fingerprint density at radius 3 is 2.30 bits per heavy atom. The molecule has 220 valence electrons. The first-order chi connectivity index (χ1) is 21.0. The van der Waals surface area contributed by atoms with Gasteiger partial charge >= 0.3 is 5.97 Å². The van der Waals surface area contributed by atoms with Gasteiger partial charge in [0.15, 0.2) is 17.3 Å². The van der Waals surface area contributed by atoms with Gasteiger partial charge in [0.1, 0.15) is 11.5 Å². The predicted octanol–water partition coefficient (Wildman–Crippen LogP) is 6.58. The molecule has 1 saturated heterocycles. The van der Waals surface area contributed by atoms with Gasteiger partial charge in [-0.1, -0.05) is 19.3 Å². The summed E-state index contributed by atoms with van der Waals surface area (Å²) in [6.45, 7) is 5.87. The fourth-order valence-corrected chi connectivity index (χ4v) is 7.36. The summed E-state index contributed by atoms with van der Waals surface area (Å²) in [5.74, 6) is 1.46. The molecule has 4 aliphatic rings. The van der Waals surface area contributed by atoms with Crippen LogP contribution in [0.5, 0.6) is 11.5 Å². The van der Waals surface area contributed by atoms with Gasteiger partial charge < -0.3 is 29.2 Å². The minimum absolute atomic E-state index is 0.113. The SMILES string of the molecule is Cc1oc2c3c(c(Nc4ccc(C(=O)O)cc4)cc(N4CCN(C5CCCCC5)CC4)c13)C(=O)c1cc3c(cc1-2)OCO3. The molecular weight excluding hydrogens is 546 g/mol. The maximum absolute atomic E-state index is 14.3. The van der Waals surface area contributed by atoms with E-state index in [-0.39, 0.29) is 18.1 Å². The summed E-state index contributed by atoms with van der Waals surface area (Å²) in [5, 5.41) is 14.6. The molecule has 43 heavy (non-hydrogen) atoms. The van der Waals surface area contributed by atoms with Crippen molar-refractivity contribution < 1.29 is 28.6 Å². The molecular formula is C34H33N3O6. The number of piperazine rings is 1. The van der Waals surface area contributed by atoms with E-state index in [1.165, 1.54) is 32.1 Å². The smallest absolute Gasteiger partial charge is 0.335 e. The van der Waals surface area contributed by atoms with E-state index in [2.05, 4.69) is 21.2 Å². The second-order valence-electron chi connectivity index (χ2n) is 12.0. The normalized spacial score (nSPS) is 18.3. The Kier molecular flexibility index (Phi) is 6.11. The Morgan fingerprint density at radius 2 is 1.60 bits per heavy atom. The number of carboxylic acids is 1. The van der Waals surface area contributed by atoms with Crippen LogP contribution in [0.15, 0.2) is 46.9 Å².